The number of nitrogens with one attached hydrogen (secondary N) is 4. The van der Waals surface area contributed by atoms with Gasteiger partial charge in [-0.3, -0.25) is 4.98 Å². The minimum Gasteiger partial charge on any atom is -0.311 e. The van der Waals surface area contributed by atoms with Gasteiger partial charge in [0.05, 0.1) is 11.4 Å². The van der Waals surface area contributed by atoms with Gasteiger partial charge in [-0.2, -0.15) is 0 Å². The third-order valence-corrected chi connectivity index (χ3v) is 6.43. The molecule has 5 nitrogen and oxygen atoms in total. The van der Waals surface area contributed by atoms with Crippen LogP contribution in [0.3, 0.4) is 0 Å². The zero-order valence-corrected chi connectivity index (χ0v) is 19.8. The molecule has 2 aliphatic carbocycles. The predicted molar refractivity (Wildman–Crippen MR) is 118 cm³/mol. The molecule has 2 saturated carbocycles. The van der Waals surface area contributed by atoms with Crippen LogP contribution in [-0.2, 0) is 26.2 Å². The van der Waals surface area contributed by atoms with Gasteiger partial charge in [0.2, 0.25) is 0 Å². The van der Waals surface area contributed by atoms with Gasteiger partial charge >= 0.3 is 33.3 Å². The molecular weight excluding hydrogens is 448 g/mol. The van der Waals surface area contributed by atoms with Gasteiger partial charge < -0.3 is 21.3 Å². The molecule has 165 valence electrons. The van der Waals surface area contributed by atoms with Gasteiger partial charge in [0.15, 0.2) is 0 Å². The summed E-state index contributed by atoms with van der Waals surface area (Å²) < 4.78 is 0. The van der Waals surface area contributed by atoms with Gasteiger partial charge in [0, 0.05) is 50.3 Å². The Labute approximate surface area is 190 Å². The summed E-state index contributed by atoms with van der Waals surface area (Å²) in [6.45, 7) is 3.89. The summed E-state index contributed by atoms with van der Waals surface area (Å²) in [6.07, 6.45) is 10.5. The largest absolute Gasteiger partial charge is 0.311 e. The van der Waals surface area contributed by atoms with Crippen LogP contribution in [0.1, 0.15) is 62.8 Å². The molecule has 0 saturated heterocycles. The molecule has 2 heterocycles. The Morgan fingerprint density at radius 3 is 1.48 bits per heavy atom. The molecule has 0 unspecified atom stereocenters. The van der Waals surface area contributed by atoms with E-state index in [0.717, 1.165) is 26.2 Å². The van der Waals surface area contributed by atoms with Crippen LogP contribution in [-0.4, -0.2) is 42.2 Å². The SMILES string of the molecule is [Cl][Mn][Cl].c1cc2nc(c1)CN[C@H]1CCCC[C@H]1NCCN[C@@H]1CCCC[C@@H]1NC2. The summed E-state index contributed by atoms with van der Waals surface area (Å²) in [5.41, 5.74) is 2.34. The zero-order valence-electron chi connectivity index (χ0n) is 17.1. The van der Waals surface area contributed by atoms with Crippen LogP contribution in [0.2, 0.25) is 0 Å². The van der Waals surface area contributed by atoms with E-state index in [2.05, 4.69) is 39.5 Å². The van der Waals surface area contributed by atoms with Crippen LogP contribution in [0, 0.1) is 0 Å². The van der Waals surface area contributed by atoms with E-state index in [1.54, 1.807) is 0 Å². The van der Waals surface area contributed by atoms with Crippen molar-refractivity contribution >= 4 is 20.2 Å². The van der Waals surface area contributed by atoms with E-state index in [-0.39, 0.29) is 13.1 Å². The van der Waals surface area contributed by atoms with Crippen LogP contribution in [0.25, 0.3) is 0 Å². The van der Waals surface area contributed by atoms with Crippen LogP contribution in [0.15, 0.2) is 18.2 Å². The molecule has 4 atom stereocenters. The molecule has 1 aromatic heterocycles. The number of fused-ring (bicyclic) bond motifs is 4. The number of hydrogen-bond donors (Lipinski definition) is 4. The molecule has 2 fully saturated rings. The number of pyridine rings is 1. The minimum absolute atomic E-state index is 0.00694. The summed E-state index contributed by atoms with van der Waals surface area (Å²) in [7, 11) is 9.59. The van der Waals surface area contributed by atoms with Gasteiger partial charge in [0.25, 0.3) is 0 Å². The molecule has 0 spiro atoms. The first kappa shape index (κ1) is 23.7. The minimum atomic E-state index is 0.00694. The van der Waals surface area contributed by atoms with Crippen molar-refractivity contribution in [1.82, 2.24) is 26.3 Å². The Balaban J connectivity index is 0.000000755. The van der Waals surface area contributed by atoms with Gasteiger partial charge in [-0.1, -0.05) is 31.7 Å². The number of aromatic nitrogens is 1. The average Bonchev–Trinajstić information content (AvgIpc) is 2.76. The second-order valence-corrected chi connectivity index (χ2v) is 10.3. The topological polar surface area (TPSA) is 61.0 Å². The van der Waals surface area contributed by atoms with E-state index in [1.807, 2.05) is 0 Å². The number of nitrogens with zero attached hydrogens (tertiary/aromatic N) is 1. The van der Waals surface area contributed by atoms with Crippen LogP contribution in [0.4, 0.5) is 0 Å². The van der Waals surface area contributed by atoms with Gasteiger partial charge in [-0.25, -0.2) is 0 Å². The van der Waals surface area contributed by atoms with Crippen molar-refractivity contribution in [1.29, 1.82) is 0 Å². The number of hydrogen-bond acceptors (Lipinski definition) is 5. The van der Waals surface area contributed by atoms with Crippen molar-refractivity contribution in [2.75, 3.05) is 13.1 Å². The van der Waals surface area contributed by atoms with Gasteiger partial charge in [-0.05, 0) is 37.8 Å². The number of halogens is 2. The van der Waals surface area contributed by atoms with E-state index in [9.17, 15) is 0 Å². The summed E-state index contributed by atoms with van der Waals surface area (Å²) in [5.74, 6) is 0. The van der Waals surface area contributed by atoms with E-state index in [4.69, 9.17) is 25.2 Å². The van der Waals surface area contributed by atoms with Crippen molar-refractivity contribution in [2.45, 2.75) is 88.6 Å². The molecule has 29 heavy (non-hydrogen) atoms. The van der Waals surface area contributed by atoms with Crippen molar-refractivity contribution in [3.63, 3.8) is 0 Å². The molecule has 0 radical (unpaired) electrons. The first-order valence-electron chi connectivity index (χ1n) is 11.1. The Morgan fingerprint density at radius 2 is 1.07 bits per heavy atom. The molecule has 2 bridgehead atoms. The van der Waals surface area contributed by atoms with Crippen molar-refractivity contribution < 1.29 is 13.1 Å². The Bertz CT molecular complexity index is 549. The zero-order chi connectivity index (χ0) is 20.3. The second kappa shape index (κ2) is 13.5. The maximum absolute atomic E-state index is 4.89. The molecule has 1 aromatic rings. The Hall–Kier alpha value is 0.0895. The van der Waals surface area contributed by atoms with Crippen molar-refractivity contribution in [3.8, 4) is 0 Å². The number of rotatable bonds is 0. The van der Waals surface area contributed by atoms with E-state index in [0.29, 0.717) is 24.2 Å². The quantitative estimate of drug-likeness (QED) is 0.426. The van der Waals surface area contributed by atoms with E-state index < -0.39 is 0 Å². The summed E-state index contributed by atoms with van der Waals surface area (Å²) in [5, 5.41) is 15.2. The molecule has 4 N–H and O–H groups in total. The molecule has 4 rings (SSSR count). The fourth-order valence-electron chi connectivity index (χ4n) is 4.95. The Morgan fingerprint density at radius 1 is 0.690 bits per heavy atom. The first-order valence-corrected chi connectivity index (χ1v) is 14.3. The third kappa shape index (κ3) is 7.93. The summed E-state index contributed by atoms with van der Waals surface area (Å²) in [6, 6.07) is 8.81. The van der Waals surface area contributed by atoms with Crippen LogP contribution < -0.4 is 21.3 Å². The maximum Gasteiger partial charge on any atom is 0.0545 e. The molecule has 0 aromatic carbocycles. The molecule has 8 heteroatoms. The maximum atomic E-state index is 4.89. The molecule has 1 aliphatic heterocycles. The van der Waals surface area contributed by atoms with Crippen LogP contribution in [0.5, 0.6) is 0 Å². The molecule has 3 aliphatic rings. The average molecular weight is 483 g/mol. The monoisotopic (exact) mass is 482 g/mol. The van der Waals surface area contributed by atoms with Crippen molar-refractivity contribution in [3.05, 3.63) is 29.6 Å². The smallest absolute Gasteiger partial charge is 0.0545 e. The Kier molecular flexibility index (Phi) is 11.0. The van der Waals surface area contributed by atoms with Gasteiger partial charge in [-0.15, -0.1) is 0 Å². The summed E-state index contributed by atoms with van der Waals surface area (Å²) >= 11 is 0.00694. The van der Waals surface area contributed by atoms with E-state index >= 15 is 0 Å². The van der Waals surface area contributed by atoms with E-state index in [1.165, 1.54) is 62.8 Å². The van der Waals surface area contributed by atoms with Gasteiger partial charge in [0.1, 0.15) is 0 Å². The normalized spacial score (nSPS) is 31.1. The van der Waals surface area contributed by atoms with Crippen LogP contribution >= 0.6 is 20.2 Å². The molecular formula is C21H35Cl2MnN5. The summed E-state index contributed by atoms with van der Waals surface area (Å²) in [4.78, 5) is 4.89. The predicted octanol–water partition coefficient (Wildman–Crippen LogP) is 3.45. The fraction of sp³-hybridized carbons (Fsp3) is 0.762. The third-order valence-electron chi connectivity index (χ3n) is 6.43. The standard InChI is InChI=1S/C21H35N5.2ClH.Mn/c1-3-10-20-18(8-1)22-12-13-23-19-9-2-4-11-21(19)25-15-17-7-5-6-16(26-17)14-24-20;;;/h5-7,18-25H,1-4,8-15H2;2*1H;/q;;;+2/p-2/t18-,19-,20+,21+;;;/m1.../s1. The fourth-order valence-corrected chi connectivity index (χ4v) is 4.95. The van der Waals surface area contributed by atoms with Crippen molar-refractivity contribution in [2.24, 2.45) is 0 Å². The first-order chi connectivity index (χ1) is 14.3. The molecule has 0 amide bonds. The second-order valence-electron chi connectivity index (χ2n) is 8.34.